The minimum absolute atomic E-state index is 0.0114. The molecule has 1 heterocycles. The molecule has 3 aromatic carbocycles. The Morgan fingerprint density at radius 1 is 0.944 bits per heavy atom. The lowest BCUT2D eigenvalue weighted by Crippen LogP contribution is -2.14. The Morgan fingerprint density at radius 2 is 1.64 bits per heavy atom. The van der Waals surface area contributed by atoms with E-state index in [-0.39, 0.29) is 40.5 Å². The van der Waals surface area contributed by atoms with Crippen LogP contribution in [0, 0.1) is 0 Å². The normalized spacial score (nSPS) is 11.4. The summed E-state index contributed by atoms with van der Waals surface area (Å²) in [5, 5.41) is 11.6. The van der Waals surface area contributed by atoms with E-state index in [9.17, 15) is 18.3 Å². The van der Waals surface area contributed by atoms with Gasteiger partial charge in [-0.3, -0.25) is 0 Å². The van der Waals surface area contributed by atoms with Gasteiger partial charge < -0.3 is 20.3 Å². The maximum absolute atomic E-state index is 14.0. The van der Waals surface area contributed by atoms with Gasteiger partial charge in [-0.15, -0.1) is 0 Å². The van der Waals surface area contributed by atoms with Crippen molar-refractivity contribution in [2.45, 2.75) is 12.8 Å². The second kappa shape index (κ2) is 10.1. The predicted molar refractivity (Wildman–Crippen MR) is 131 cm³/mol. The molecule has 6 nitrogen and oxygen atoms in total. The fourth-order valence-electron chi connectivity index (χ4n) is 3.51. The number of methoxy groups -OCH3 is 1. The number of phenolic OH excluding ortho intramolecular Hbond substituents is 1. The van der Waals surface area contributed by atoms with Crippen LogP contribution in [0.5, 0.6) is 17.2 Å². The Bertz CT molecular complexity index is 1410. The zero-order chi connectivity index (χ0) is 26.0. The lowest BCUT2D eigenvalue weighted by atomic mass is 9.96. The molecule has 4 aromatic rings. The first-order chi connectivity index (χ1) is 17.1. The molecule has 0 fully saturated rings. The Hall–Kier alpha value is -3.69. The summed E-state index contributed by atoms with van der Waals surface area (Å²) in [6.07, 6.45) is -4.84. The van der Waals surface area contributed by atoms with Gasteiger partial charge in [-0.05, 0) is 42.0 Å². The molecule has 0 spiro atoms. The van der Waals surface area contributed by atoms with Crippen LogP contribution in [0.15, 0.2) is 60.7 Å². The summed E-state index contributed by atoms with van der Waals surface area (Å²) in [6, 6.07) is 15.0. The van der Waals surface area contributed by atoms with Crippen molar-refractivity contribution in [3.8, 4) is 39.6 Å². The van der Waals surface area contributed by atoms with Crippen molar-refractivity contribution < 1.29 is 27.8 Å². The Morgan fingerprint density at radius 3 is 2.25 bits per heavy atom. The van der Waals surface area contributed by atoms with Gasteiger partial charge in [0, 0.05) is 32.8 Å². The van der Waals surface area contributed by atoms with E-state index >= 15 is 0 Å². The van der Waals surface area contributed by atoms with Gasteiger partial charge in [0.1, 0.15) is 23.9 Å². The highest BCUT2D eigenvalue weighted by atomic mass is 35.5. The first kappa shape index (κ1) is 25.4. The third-order valence-corrected chi connectivity index (χ3v) is 5.79. The van der Waals surface area contributed by atoms with Crippen LogP contribution in [0.2, 0.25) is 10.0 Å². The summed E-state index contributed by atoms with van der Waals surface area (Å²) in [5.41, 5.74) is 4.71. The first-order valence-electron chi connectivity index (χ1n) is 10.4. The van der Waals surface area contributed by atoms with Crippen molar-refractivity contribution in [3.05, 3.63) is 82.0 Å². The van der Waals surface area contributed by atoms with E-state index < -0.39 is 17.8 Å². The van der Waals surface area contributed by atoms with Gasteiger partial charge in [0.2, 0.25) is 5.95 Å². The van der Waals surface area contributed by atoms with Gasteiger partial charge in [0.25, 0.3) is 0 Å². The van der Waals surface area contributed by atoms with E-state index in [1.54, 1.807) is 18.2 Å². The number of aromatic hydroxyl groups is 1. The van der Waals surface area contributed by atoms with E-state index in [1.807, 2.05) is 0 Å². The van der Waals surface area contributed by atoms with E-state index in [1.165, 1.54) is 49.6 Å². The van der Waals surface area contributed by atoms with Crippen molar-refractivity contribution in [2.75, 3.05) is 12.8 Å². The summed E-state index contributed by atoms with van der Waals surface area (Å²) in [7, 11) is 1.44. The summed E-state index contributed by atoms with van der Waals surface area (Å²) in [6.45, 7) is 0.0740. The second-order valence-corrected chi connectivity index (χ2v) is 8.43. The lowest BCUT2D eigenvalue weighted by Gasteiger charge is -2.18. The molecule has 0 saturated heterocycles. The van der Waals surface area contributed by atoms with Gasteiger partial charge in [-0.1, -0.05) is 41.4 Å². The number of ether oxygens (including phenoxy) is 2. The van der Waals surface area contributed by atoms with Gasteiger partial charge in [-0.25, -0.2) is 9.97 Å². The van der Waals surface area contributed by atoms with Gasteiger partial charge in [0.05, 0.1) is 12.8 Å². The van der Waals surface area contributed by atoms with Crippen LogP contribution < -0.4 is 15.2 Å². The van der Waals surface area contributed by atoms with Crippen LogP contribution in [0.1, 0.15) is 11.3 Å². The molecule has 11 heteroatoms. The van der Waals surface area contributed by atoms with E-state index in [0.717, 1.165) is 0 Å². The van der Waals surface area contributed by atoms with Crippen LogP contribution in [0.25, 0.3) is 22.4 Å². The molecule has 0 saturated carbocycles. The van der Waals surface area contributed by atoms with E-state index in [4.69, 9.17) is 38.4 Å². The Kier molecular flexibility index (Phi) is 7.14. The van der Waals surface area contributed by atoms with Crippen molar-refractivity contribution in [2.24, 2.45) is 0 Å². The molecule has 3 N–H and O–H groups in total. The van der Waals surface area contributed by atoms with Crippen LogP contribution in [0.3, 0.4) is 0 Å². The molecule has 36 heavy (non-hydrogen) atoms. The molecule has 0 bridgehead atoms. The van der Waals surface area contributed by atoms with E-state index in [2.05, 4.69) is 9.97 Å². The van der Waals surface area contributed by atoms with Crippen LogP contribution in [0.4, 0.5) is 19.1 Å². The smallest absolute Gasteiger partial charge is 0.434 e. The van der Waals surface area contributed by atoms with Gasteiger partial charge in [0.15, 0.2) is 5.69 Å². The minimum atomic E-state index is -4.84. The lowest BCUT2D eigenvalue weighted by molar-refractivity contribution is -0.140. The van der Waals surface area contributed by atoms with Crippen LogP contribution in [-0.2, 0) is 12.8 Å². The fourth-order valence-corrected chi connectivity index (χ4v) is 3.97. The topological polar surface area (TPSA) is 90.5 Å². The minimum Gasteiger partial charge on any atom is -0.507 e. The highest BCUT2D eigenvalue weighted by Gasteiger charge is 2.38. The second-order valence-electron chi connectivity index (χ2n) is 7.58. The third-order valence-electron chi connectivity index (χ3n) is 5.21. The quantitative estimate of drug-likeness (QED) is 0.276. The van der Waals surface area contributed by atoms with Gasteiger partial charge >= 0.3 is 6.18 Å². The molecule has 1 aromatic heterocycles. The fraction of sp³-hybridized carbons (Fsp3) is 0.120. The molecule has 0 amide bonds. The number of nitrogens with two attached hydrogens (primary N) is 1. The molecule has 0 aliphatic heterocycles. The number of hydrogen-bond acceptors (Lipinski definition) is 6. The zero-order valence-corrected chi connectivity index (χ0v) is 20.1. The monoisotopic (exact) mass is 535 g/mol. The number of nitrogen functional groups attached to an aromatic ring is 1. The summed E-state index contributed by atoms with van der Waals surface area (Å²) in [4.78, 5) is 7.50. The first-order valence-corrected chi connectivity index (χ1v) is 11.1. The molecule has 0 radical (unpaired) electrons. The number of hydrogen-bond donors (Lipinski definition) is 2. The van der Waals surface area contributed by atoms with Crippen molar-refractivity contribution >= 4 is 29.2 Å². The molecule has 186 valence electrons. The van der Waals surface area contributed by atoms with E-state index in [0.29, 0.717) is 21.4 Å². The van der Waals surface area contributed by atoms with Crippen molar-refractivity contribution in [1.82, 2.24) is 9.97 Å². The molecule has 4 rings (SSSR count). The summed E-state index contributed by atoms with van der Waals surface area (Å²) >= 11 is 12.1. The Labute approximate surface area is 214 Å². The standard InChI is InChI=1S/C25H18Cl2F3N3O3/c1-35-16-6-3-13(4-7-16)21-22(32-24(31)33-23(21)25(28,29)30)18-9-8-17(11-20(18)34)36-12-14-2-5-15(26)10-19(14)27/h2-11,34H,12H2,1H3,(H2,31,32,33). The third kappa shape index (κ3) is 5.42. The average molecular weight is 536 g/mol. The molecule has 0 atom stereocenters. The number of nitrogens with zero attached hydrogens (tertiary/aromatic N) is 2. The largest absolute Gasteiger partial charge is 0.507 e. The number of phenols is 1. The van der Waals surface area contributed by atoms with Crippen molar-refractivity contribution in [3.63, 3.8) is 0 Å². The average Bonchev–Trinajstić information content (AvgIpc) is 2.82. The van der Waals surface area contributed by atoms with Crippen LogP contribution in [-0.4, -0.2) is 22.2 Å². The number of aromatic nitrogens is 2. The molecular weight excluding hydrogens is 518 g/mol. The highest BCUT2D eigenvalue weighted by molar-refractivity contribution is 6.35. The SMILES string of the molecule is COc1ccc(-c2c(-c3ccc(OCc4ccc(Cl)cc4Cl)cc3O)nc(N)nc2C(F)(F)F)cc1. The predicted octanol–water partition coefficient (Wildman–Crippen LogP) is 7.01. The van der Waals surface area contributed by atoms with Crippen molar-refractivity contribution in [1.29, 1.82) is 0 Å². The summed E-state index contributed by atoms with van der Waals surface area (Å²) < 4.78 is 52.7. The van der Waals surface area contributed by atoms with Crippen LogP contribution >= 0.6 is 23.2 Å². The number of halogens is 5. The number of rotatable bonds is 6. The molecule has 0 aliphatic carbocycles. The molecular formula is C25H18Cl2F3N3O3. The zero-order valence-electron chi connectivity index (χ0n) is 18.6. The number of anilines is 1. The van der Waals surface area contributed by atoms with Gasteiger partial charge in [-0.2, -0.15) is 13.2 Å². The number of benzene rings is 3. The Balaban J connectivity index is 1.76. The highest BCUT2D eigenvalue weighted by Crippen LogP contribution is 2.44. The maximum atomic E-state index is 14.0. The number of alkyl halides is 3. The molecule has 0 aliphatic rings. The molecule has 0 unspecified atom stereocenters. The summed E-state index contributed by atoms with van der Waals surface area (Å²) in [5.74, 6) is -0.246. The maximum Gasteiger partial charge on any atom is 0.434 e.